The van der Waals surface area contributed by atoms with Gasteiger partial charge in [-0.25, -0.2) is 26.8 Å². The van der Waals surface area contributed by atoms with Gasteiger partial charge in [0.25, 0.3) is 0 Å². The lowest BCUT2D eigenvalue weighted by Crippen LogP contribution is -2.48. The van der Waals surface area contributed by atoms with Crippen LogP contribution < -0.4 is 14.5 Å². The molecule has 2 aliphatic heterocycles. The molecule has 8 rings (SSSR count). The number of nitrogens with zero attached hydrogens (tertiary/aromatic N) is 6. The van der Waals surface area contributed by atoms with Crippen molar-refractivity contribution >= 4 is 84.8 Å². The van der Waals surface area contributed by atoms with Gasteiger partial charge in [-0.2, -0.15) is 8.61 Å². The van der Waals surface area contributed by atoms with E-state index in [9.17, 15) is 16.8 Å². The Labute approximate surface area is 358 Å². The number of rotatable bonds is 9. The van der Waals surface area contributed by atoms with Gasteiger partial charge in [0.1, 0.15) is 5.75 Å². The van der Waals surface area contributed by atoms with Crippen molar-refractivity contribution in [3.8, 4) is 28.3 Å². The molecule has 2 fully saturated rings. The fraction of sp³-hybridized carbons (Fsp3) is 0.250. The molecule has 2 aromatic heterocycles. The number of piperazine rings is 2. The molecule has 0 atom stereocenters. The monoisotopic (exact) mass is 970 g/mol. The molecule has 17 heteroatoms. The summed E-state index contributed by atoms with van der Waals surface area (Å²) in [4.78, 5) is 14.5. The van der Waals surface area contributed by atoms with Gasteiger partial charge in [-0.05, 0) is 73.7 Å². The minimum atomic E-state index is -3.47. The number of sulfonamides is 2. The van der Waals surface area contributed by atoms with Gasteiger partial charge >= 0.3 is 0 Å². The summed E-state index contributed by atoms with van der Waals surface area (Å²) in [6, 6.07) is 29.7. The van der Waals surface area contributed by atoms with Crippen molar-refractivity contribution in [2.45, 2.75) is 16.7 Å². The Bertz CT molecular complexity index is 2520. The standard InChI is InChI=1S/C20H20BrN3O3S2.C20H20BrN3O2S2/c1-27-17-4-2-3-15(13-17)19-14-28-20(22-19)23-9-11-24(12-10-23)29(25,26)18-7-5-16(21)6-8-18;1-15-3-2-4-16(13-15)19-14-27-20(22-19)23-9-11-24(12-10-23)28(25,26)18-7-5-17(21)6-8-18/h2-8,13-14H,9-12H2,1H3;2-8,13-14H,9-12H2,1H3. The molecule has 2 saturated heterocycles. The van der Waals surface area contributed by atoms with Gasteiger partial charge in [-0.1, -0.05) is 67.8 Å². The summed E-state index contributed by atoms with van der Waals surface area (Å²) in [7, 11) is -5.29. The number of hydrogen-bond acceptors (Lipinski definition) is 11. The van der Waals surface area contributed by atoms with Crippen LogP contribution in [0.1, 0.15) is 5.56 Å². The predicted molar refractivity (Wildman–Crippen MR) is 237 cm³/mol. The van der Waals surface area contributed by atoms with Gasteiger partial charge in [-0.15, -0.1) is 22.7 Å². The second kappa shape index (κ2) is 18.1. The normalized spacial score (nSPS) is 15.6. The number of aromatic nitrogens is 2. The highest BCUT2D eigenvalue weighted by molar-refractivity contribution is 9.10. The average Bonchev–Trinajstić information content (AvgIpc) is 3.94. The van der Waals surface area contributed by atoms with Crippen molar-refractivity contribution in [1.29, 1.82) is 0 Å². The zero-order chi connectivity index (χ0) is 40.2. The van der Waals surface area contributed by atoms with E-state index >= 15 is 0 Å². The highest BCUT2D eigenvalue weighted by Gasteiger charge is 2.31. The Morgan fingerprint density at radius 3 is 1.42 bits per heavy atom. The summed E-state index contributed by atoms with van der Waals surface area (Å²) in [5.41, 5.74) is 5.18. The summed E-state index contributed by atoms with van der Waals surface area (Å²) in [6.07, 6.45) is 0. The van der Waals surface area contributed by atoms with Crippen LogP contribution in [0.5, 0.6) is 5.75 Å². The minimum Gasteiger partial charge on any atom is -0.497 e. The molecular weight excluding hydrogens is 933 g/mol. The molecule has 0 spiro atoms. The zero-order valence-electron chi connectivity index (χ0n) is 31.2. The van der Waals surface area contributed by atoms with Crippen molar-refractivity contribution in [1.82, 2.24) is 18.6 Å². The predicted octanol–water partition coefficient (Wildman–Crippen LogP) is 8.48. The summed E-state index contributed by atoms with van der Waals surface area (Å²) in [5, 5.41) is 5.94. The van der Waals surface area contributed by atoms with Gasteiger partial charge in [0.05, 0.1) is 28.3 Å². The van der Waals surface area contributed by atoms with Gasteiger partial charge in [0.2, 0.25) is 20.0 Å². The van der Waals surface area contributed by atoms with Crippen LogP contribution in [0, 0.1) is 6.92 Å². The molecule has 0 saturated carbocycles. The highest BCUT2D eigenvalue weighted by atomic mass is 79.9. The smallest absolute Gasteiger partial charge is 0.243 e. The lowest BCUT2D eigenvalue weighted by Gasteiger charge is -2.33. The summed E-state index contributed by atoms with van der Waals surface area (Å²) < 4.78 is 61.5. The molecule has 4 aromatic carbocycles. The Balaban J connectivity index is 0.000000174. The van der Waals surface area contributed by atoms with Crippen LogP contribution in [-0.2, 0) is 20.0 Å². The van der Waals surface area contributed by atoms with Crippen LogP contribution in [0.3, 0.4) is 0 Å². The molecule has 6 aromatic rings. The van der Waals surface area contributed by atoms with Crippen molar-refractivity contribution in [2.75, 3.05) is 69.3 Å². The van der Waals surface area contributed by atoms with E-state index in [1.807, 2.05) is 35.7 Å². The Morgan fingerprint density at radius 2 is 1.00 bits per heavy atom. The lowest BCUT2D eigenvalue weighted by molar-refractivity contribution is 0.384. The zero-order valence-corrected chi connectivity index (χ0v) is 37.6. The number of halogens is 2. The van der Waals surface area contributed by atoms with Gasteiger partial charge < -0.3 is 14.5 Å². The van der Waals surface area contributed by atoms with Crippen LogP contribution in [0.25, 0.3) is 22.5 Å². The second-order valence-corrected chi connectivity index (χ2v) is 20.7. The molecule has 0 bridgehead atoms. The van der Waals surface area contributed by atoms with Crippen molar-refractivity contribution in [2.24, 2.45) is 0 Å². The quantitative estimate of drug-likeness (QED) is 0.141. The van der Waals surface area contributed by atoms with E-state index in [4.69, 9.17) is 14.7 Å². The Kier molecular flexibility index (Phi) is 13.2. The maximum absolute atomic E-state index is 12.9. The third kappa shape index (κ3) is 9.79. The topological polar surface area (TPSA) is 116 Å². The fourth-order valence-corrected chi connectivity index (χ4v) is 11.6. The first kappa shape index (κ1) is 41.5. The molecule has 0 unspecified atom stereocenters. The Morgan fingerprint density at radius 1 is 0.579 bits per heavy atom. The third-order valence-electron chi connectivity index (χ3n) is 9.58. The van der Waals surface area contributed by atoms with E-state index in [-0.39, 0.29) is 0 Å². The number of ether oxygens (including phenoxy) is 1. The first-order valence-corrected chi connectivity index (χ1v) is 24.3. The molecule has 11 nitrogen and oxygen atoms in total. The largest absolute Gasteiger partial charge is 0.497 e. The lowest BCUT2D eigenvalue weighted by atomic mass is 10.1. The molecule has 0 amide bonds. The van der Waals surface area contributed by atoms with Gasteiger partial charge in [0.15, 0.2) is 10.3 Å². The van der Waals surface area contributed by atoms with Crippen LogP contribution in [0.15, 0.2) is 127 Å². The number of anilines is 2. The Hall–Kier alpha value is -3.68. The summed E-state index contributed by atoms with van der Waals surface area (Å²) >= 11 is 9.86. The molecule has 0 N–H and O–H groups in total. The first-order valence-electron chi connectivity index (χ1n) is 18.0. The number of methoxy groups -OCH3 is 1. The summed E-state index contributed by atoms with van der Waals surface area (Å²) in [5.74, 6) is 0.795. The van der Waals surface area contributed by atoms with Gasteiger partial charge in [0, 0.05) is 83.2 Å². The van der Waals surface area contributed by atoms with Crippen LogP contribution in [0.4, 0.5) is 10.3 Å². The molecular formula is C40H40Br2N6O5S4. The number of hydrogen-bond donors (Lipinski definition) is 0. The van der Waals surface area contributed by atoms with E-state index in [0.717, 1.165) is 47.5 Å². The SMILES string of the molecule is COc1cccc(-c2csc(N3CCN(S(=O)(=O)c4ccc(Br)cc4)CC3)n2)c1.Cc1cccc(-c2csc(N3CCN(S(=O)(=O)c4ccc(Br)cc4)CC3)n2)c1. The van der Waals surface area contributed by atoms with E-state index in [1.165, 1.54) is 5.56 Å². The van der Waals surface area contributed by atoms with Crippen molar-refractivity contribution < 1.29 is 21.6 Å². The van der Waals surface area contributed by atoms with Crippen molar-refractivity contribution in [3.05, 3.63) is 122 Å². The number of aryl methyl sites for hydroxylation is 1. The van der Waals surface area contributed by atoms with E-state index < -0.39 is 20.0 Å². The van der Waals surface area contributed by atoms with Crippen LogP contribution in [0.2, 0.25) is 0 Å². The minimum absolute atomic E-state index is 0.323. The molecule has 57 heavy (non-hydrogen) atoms. The maximum atomic E-state index is 12.9. The highest BCUT2D eigenvalue weighted by Crippen LogP contribution is 2.32. The second-order valence-electron chi connectivity index (χ2n) is 13.3. The molecule has 298 valence electrons. The van der Waals surface area contributed by atoms with E-state index in [0.29, 0.717) is 62.1 Å². The maximum Gasteiger partial charge on any atom is 0.243 e. The number of benzene rings is 4. The average molecular weight is 973 g/mol. The summed E-state index contributed by atoms with van der Waals surface area (Å²) in [6.45, 7) is 6.35. The van der Waals surface area contributed by atoms with Gasteiger partial charge in [-0.3, -0.25) is 0 Å². The molecule has 0 aliphatic carbocycles. The van der Waals surface area contributed by atoms with E-state index in [1.54, 1.807) is 86.9 Å². The molecule has 0 radical (unpaired) electrons. The van der Waals surface area contributed by atoms with E-state index in [2.05, 4.69) is 72.2 Å². The van der Waals surface area contributed by atoms with Crippen LogP contribution in [-0.4, -0.2) is 94.9 Å². The molecule has 2 aliphatic rings. The third-order valence-corrected chi connectivity index (χ3v) is 16.3. The molecule has 4 heterocycles. The van der Waals surface area contributed by atoms with Crippen LogP contribution >= 0.6 is 54.5 Å². The van der Waals surface area contributed by atoms with Crippen molar-refractivity contribution in [3.63, 3.8) is 0 Å². The fourth-order valence-electron chi connectivity index (χ4n) is 6.42. The first-order chi connectivity index (χ1) is 27.4. The number of thiazole rings is 2.